The number of amides is 1. The number of H-pyrrole nitrogens is 1. The predicted octanol–water partition coefficient (Wildman–Crippen LogP) is 0.0857. The summed E-state index contributed by atoms with van der Waals surface area (Å²) >= 11 is 0. The lowest BCUT2D eigenvalue weighted by molar-refractivity contribution is 0.193. The Labute approximate surface area is 89.2 Å². The van der Waals surface area contributed by atoms with Gasteiger partial charge in [-0.05, 0) is 12.1 Å². The van der Waals surface area contributed by atoms with Crippen molar-refractivity contribution in [3.05, 3.63) is 34.5 Å². The molecular formula is C9H8N4O3. The molecule has 0 unspecified atom stereocenters. The molecule has 0 fully saturated rings. The fourth-order valence-corrected chi connectivity index (χ4v) is 1.26. The zero-order valence-electron chi connectivity index (χ0n) is 8.10. The number of aromatic amines is 1. The average Bonchev–Trinajstić information content (AvgIpc) is 2.26. The fourth-order valence-electron chi connectivity index (χ4n) is 1.26. The van der Waals surface area contributed by atoms with Crippen LogP contribution < -0.4 is 10.9 Å². The summed E-state index contributed by atoms with van der Waals surface area (Å²) < 4.78 is 0. The fraction of sp³-hybridized carbons (Fsp3) is 0.111. The summed E-state index contributed by atoms with van der Waals surface area (Å²) in [6.07, 6.45) is 0.340. The summed E-state index contributed by atoms with van der Waals surface area (Å²) in [5, 5.41) is 10.9. The zero-order chi connectivity index (χ0) is 11.5. The molecule has 0 saturated carbocycles. The molecule has 82 valence electrons. The standard InChI is InChI=1S/C9H8N4O3/c14-8-5-2-1-3-10-7(5)12-6(13-8)4-11-9(15)16/h1-3,11H,4H2,(H,15,16)(H,10,12,13,14). The minimum absolute atomic E-state index is 0.0584. The highest BCUT2D eigenvalue weighted by atomic mass is 16.4. The Kier molecular flexibility index (Phi) is 2.50. The molecule has 0 atom stereocenters. The van der Waals surface area contributed by atoms with Gasteiger partial charge in [0.1, 0.15) is 5.82 Å². The molecule has 0 radical (unpaired) electrons. The van der Waals surface area contributed by atoms with E-state index in [0.29, 0.717) is 11.0 Å². The SMILES string of the molecule is O=C(O)NCc1nc2ncccc2c(=O)[nH]1. The summed E-state index contributed by atoms with van der Waals surface area (Å²) in [4.78, 5) is 32.2. The van der Waals surface area contributed by atoms with Crippen LogP contribution in [-0.2, 0) is 6.54 Å². The molecule has 0 aliphatic carbocycles. The van der Waals surface area contributed by atoms with E-state index in [9.17, 15) is 9.59 Å². The van der Waals surface area contributed by atoms with Crippen LogP contribution in [0.4, 0.5) is 4.79 Å². The first-order valence-electron chi connectivity index (χ1n) is 4.47. The van der Waals surface area contributed by atoms with Crippen molar-refractivity contribution in [2.24, 2.45) is 0 Å². The van der Waals surface area contributed by atoms with Crippen LogP contribution in [0.1, 0.15) is 5.82 Å². The van der Waals surface area contributed by atoms with E-state index in [1.165, 1.54) is 6.20 Å². The van der Waals surface area contributed by atoms with Gasteiger partial charge in [-0.1, -0.05) is 0 Å². The van der Waals surface area contributed by atoms with Crippen molar-refractivity contribution in [2.45, 2.75) is 6.54 Å². The molecule has 7 heteroatoms. The van der Waals surface area contributed by atoms with Gasteiger partial charge in [0.15, 0.2) is 5.65 Å². The van der Waals surface area contributed by atoms with Crippen LogP contribution in [0.15, 0.2) is 23.1 Å². The summed E-state index contributed by atoms with van der Waals surface area (Å²) in [6.45, 7) is -0.0584. The van der Waals surface area contributed by atoms with Crippen LogP contribution >= 0.6 is 0 Å². The third-order valence-electron chi connectivity index (χ3n) is 1.94. The molecule has 0 spiro atoms. The van der Waals surface area contributed by atoms with Gasteiger partial charge in [0.2, 0.25) is 0 Å². The molecule has 0 saturated heterocycles. The van der Waals surface area contributed by atoms with Gasteiger partial charge in [-0.3, -0.25) is 4.79 Å². The summed E-state index contributed by atoms with van der Waals surface area (Å²) in [7, 11) is 0. The molecule has 0 aliphatic heterocycles. The van der Waals surface area contributed by atoms with E-state index in [-0.39, 0.29) is 17.9 Å². The van der Waals surface area contributed by atoms with Crippen LogP contribution in [-0.4, -0.2) is 26.2 Å². The average molecular weight is 220 g/mol. The van der Waals surface area contributed by atoms with Crippen molar-refractivity contribution in [1.82, 2.24) is 20.3 Å². The third kappa shape index (κ3) is 1.97. The van der Waals surface area contributed by atoms with E-state index < -0.39 is 6.09 Å². The number of aromatic nitrogens is 3. The first kappa shape index (κ1) is 10.1. The maximum absolute atomic E-state index is 11.5. The van der Waals surface area contributed by atoms with Gasteiger partial charge >= 0.3 is 6.09 Å². The second-order valence-electron chi connectivity index (χ2n) is 3.05. The number of pyridine rings is 1. The second kappa shape index (κ2) is 3.97. The molecule has 2 aromatic rings. The predicted molar refractivity (Wildman–Crippen MR) is 55.0 cm³/mol. The Morgan fingerprint density at radius 3 is 3.12 bits per heavy atom. The van der Waals surface area contributed by atoms with E-state index >= 15 is 0 Å². The molecule has 1 amide bonds. The van der Waals surface area contributed by atoms with E-state index in [1.807, 2.05) is 0 Å². The highest BCUT2D eigenvalue weighted by molar-refractivity contribution is 5.72. The molecule has 2 rings (SSSR count). The Morgan fingerprint density at radius 2 is 2.38 bits per heavy atom. The topological polar surface area (TPSA) is 108 Å². The van der Waals surface area contributed by atoms with Gasteiger partial charge in [0.25, 0.3) is 5.56 Å². The van der Waals surface area contributed by atoms with Crippen molar-refractivity contribution < 1.29 is 9.90 Å². The molecule has 0 aromatic carbocycles. The highest BCUT2D eigenvalue weighted by Crippen LogP contribution is 2.01. The lowest BCUT2D eigenvalue weighted by Gasteiger charge is -2.01. The molecule has 2 heterocycles. The maximum Gasteiger partial charge on any atom is 0.405 e. The smallest absolute Gasteiger partial charge is 0.405 e. The van der Waals surface area contributed by atoms with Crippen LogP contribution in [0.25, 0.3) is 11.0 Å². The molecule has 0 aliphatic rings. The van der Waals surface area contributed by atoms with Crippen molar-refractivity contribution in [3.63, 3.8) is 0 Å². The number of carbonyl (C=O) groups is 1. The van der Waals surface area contributed by atoms with E-state index in [0.717, 1.165) is 0 Å². The Balaban J connectivity index is 2.42. The van der Waals surface area contributed by atoms with Crippen LogP contribution in [0, 0.1) is 0 Å². The van der Waals surface area contributed by atoms with E-state index in [2.05, 4.69) is 20.3 Å². The van der Waals surface area contributed by atoms with Gasteiger partial charge in [-0.2, -0.15) is 0 Å². The number of nitrogens with zero attached hydrogens (tertiary/aromatic N) is 2. The number of hydrogen-bond acceptors (Lipinski definition) is 4. The lowest BCUT2D eigenvalue weighted by Crippen LogP contribution is -2.23. The number of carboxylic acid groups (broad SMARTS) is 1. The summed E-state index contributed by atoms with van der Waals surface area (Å²) in [5.74, 6) is 0.235. The van der Waals surface area contributed by atoms with Crippen LogP contribution in [0.2, 0.25) is 0 Å². The Hall–Kier alpha value is -2.44. The largest absolute Gasteiger partial charge is 0.465 e. The molecule has 3 N–H and O–H groups in total. The van der Waals surface area contributed by atoms with Gasteiger partial charge in [0.05, 0.1) is 11.9 Å². The minimum Gasteiger partial charge on any atom is -0.465 e. The van der Waals surface area contributed by atoms with E-state index in [1.54, 1.807) is 12.1 Å². The number of hydrogen-bond donors (Lipinski definition) is 3. The van der Waals surface area contributed by atoms with Gasteiger partial charge < -0.3 is 15.4 Å². The lowest BCUT2D eigenvalue weighted by atomic mass is 10.3. The number of fused-ring (bicyclic) bond motifs is 1. The number of nitrogens with one attached hydrogen (secondary N) is 2. The van der Waals surface area contributed by atoms with Crippen LogP contribution in [0.5, 0.6) is 0 Å². The second-order valence-corrected chi connectivity index (χ2v) is 3.05. The zero-order valence-corrected chi connectivity index (χ0v) is 8.10. The normalized spacial score (nSPS) is 10.2. The first-order valence-corrected chi connectivity index (χ1v) is 4.47. The van der Waals surface area contributed by atoms with Crippen molar-refractivity contribution in [3.8, 4) is 0 Å². The third-order valence-corrected chi connectivity index (χ3v) is 1.94. The summed E-state index contributed by atoms with van der Waals surface area (Å²) in [6, 6.07) is 3.23. The monoisotopic (exact) mass is 220 g/mol. The first-order chi connectivity index (χ1) is 7.66. The van der Waals surface area contributed by atoms with Gasteiger partial charge in [0, 0.05) is 6.20 Å². The molecule has 0 bridgehead atoms. The minimum atomic E-state index is -1.18. The molecule has 2 aromatic heterocycles. The maximum atomic E-state index is 11.5. The molecule has 7 nitrogen and oxygen atoms in total. The molecule has 16 heavy (non-hydrogen) atoms. The van der Waals surface area contributed by atoms with Crippen molar-refractivity contribution in [1.29, 1.82) is 0 Å². The summed E-state index contributed by atoms with van der Waals surface area (Å²) in [5.41, 5.74) is -0.0336. The highest BCUT2D eigenvalue weighted by Gasteiger charge is 2.04. The Morgan fingerprint density at radius 1 is 1.56 bits per heavy atom. The van der Waals surface area contributed by atoms with E-state index in [4.69, 9.17) is 5.11 Å². The van der Waals surface area contributed by atoms with Gasteiger partial charge in [-0.15, -0.1) is 0 Å². The number of rotatable bonds is 2. The molecular weight excluding hydrogens is 212 g/mol. The van der Waals surface area contributed by atoms with Crippen molar-refractivity contribution in [2.75, 3.05) is 0 Å². The van der Waals surface area contributed by atoms with Crippen LogP contribution in [0.3, 0.4) is 0 Å². The van der Waals surface area contributed by atoms with Gasteiger partial charge in [-0.25, -0.2) is 14.8 Å². The Bertz CT molecular complexity index is 593. The van der Waals surface area contributed by atoms with Crippen molar-refractivity contribution >= 4 is 17.1 Å². The quantitative estimate of drug-likeness (QED) is 0.664.